The summed E-state index contributed by atoms with van der Waals surface area (Å²) in [6, 6.07) is 13.5. The second kappa shape index (κ2) is 7.99. The zero-order valence-electron chi connectivity index (χ0n) is 13.1. The second-order valence-corrected chi connectivity index (χ2v) is 5.81. The molecule has 7 nitrogen and oxygen atoms in total. The Balaban J connectivity index is 1.58. The lowest BCUT2D eigenvalue weighted by Gasteiger charge is -2.07. The number of halogens is 2. The Kier molecular flexibility index (Phi) is 5.50. The maximum absolute atomic E-state index is 12.0. The minimum atomic E-state index is -0.814. The summed E-state index contributed by atoms with van der Waals surface area (Å²) >= 11 is 11.8. The van der Waals surface area contributed by atoms with Gasteiger partial charge in [0, 0.05) is 5.56 Å². The van der Waals surface area contributed by atoms with Gasteiger partial charge in [0.2, 0.25) is 5.89 Å². The molecule has 3 rings (SSSR count). The molecule has 0 saturated heterocycles. The lowest BCUT2D eigenvalue weighted by Crippen LogP contribution is -2.21. The molecule has 132 valence electrons. The topological polar surface area (TPSA) is 94.3 Å². The molecule has 1 N–H and O–H groups in total. The van der Waals surface area contributed by atoms with E-state index in [-0.39, 0.29) is 27.5 Å². The summed E-state index contributed by atoms with van der Waals surface area (Å²) in [7, 11) is 0. The van der Waals surface area contributed by atoms with E-state index in [2.05, 4.69) is 15.5 Å². The summed E-state index contributed by atoms with van der Waals surface area (Å²) in [5, 5.41) is 10.2. The lowest BCUT2D eigenvalue weighted by molar-refractivity contribution is -0.119. The van der Waals surface area contributed by atoms with Gasteiger partial charge >= 0.3 is 12.0 Å². The number of esters is 1. The number of nitrogens with one attached hydrogen (secondary N) is 1. The SMILES string of the molecule is O=C(COC(=O)c1c(Cl)cccc1Cl)Nc1nnc(-c2ccccc2)o1. The van der Waals surface area contributed by atoms with Crippen molar-refractivity contribution >= 4 is 41.1 Å². The predicted octanol–water partition coefficient (Wildman–Crippen LogP) is 3.84. The van der Waals surface area contributed by atoms with Crippen molar-refractivity contribution < 1.29 is 18.7 Å². The van der Waals surface area contributed by atoms with Crippen molar-refractivity contribution in [1.82, 2.24) is 10.2 Å². The maximum atomic E-state index is 12.0. The Bertz CT molecular complexity index is 924. The number of rotatable bonds is 5. The van der Waals surface area contributed by atoms with Crippen molar-refractivity contribution in [2.75, 3.05) is 11.9 Å². The largest absolute Gasteiger partial charge is 0.452 e. The molecule has 9 heteroatoms. The number of aromatic nitrogens is 2. The number of ether oxygens (including phenoxy) is 1. The molecule has 0 spiro atoms. The zero-order valence-corrected chi connectivity index (χ0v) is 14.6. The van der Waals surface area contributed by atoms with Gasteiger partial charge in [-0.3, -0.25) is 10.1 Å². The average Bonchev–Trinajstić information content (AvgIpc) is 3.09. The van der Waals surface area contributed by atoms with E-state index in [1.165, 1.54) is 12.1 Å². The standard InChI is InChI=1S/C17H11Cl2N3O4/c18-11-7-4-8-12(19)14(11)16(24)25-9-13(23)20-17-22-21-15(26-17)10-5-2-1-3-6-10/h1-8H,9H2,(H,20,22,23). The van der Waals surface area contributed by atoms with Crippen LogP contribution in [0.2, 0.25) is 10.0 Å². The van der Waals surface area contributed by atoms with E-state index in [1.54, 1.807) is 18.2 Å². The van der Waals surface area contributed by atoms with E-state index in [4.69, 9.17) is 32.4 Å². The minimum absolute atomic E-state index is 0.00668. The molecule has 2 aromatic carbocycles. The Morgan fingerprint density at radius 2 is 1.69 bits per heavy atom. The molecule has 0 saturated carbocycles. The number of hydrogen-bond acceptors (Lipinski definition) is 6. The van der Waals surface area contributed by atoms with Crippen LogP contribution in [0.1, 0.15) is 10.4 Å². The van der Waals surface area contributed by atoms with Crippen LogP contribution in [0.25, 0.3) is 11.5 Å². The van der Waals surface area contributed by atoms with Gasteiger partial charge in [0.1, 0.15) is 0 Å². The molecule has 3 aromatic rings. The number of carbonyl (C=O) groups excluding carboxylic acids is 2. The first-order valence-corrected chi connectivity index (χ1v) is 8.10. The van der Waals surface area contributed by atoms with Gasteiger partial charge in [0.05, 0.1) is 15.6 Å². The smallest absolute Gasteiger partial charge is 0.341 e. The van der Waals surface area contributed by atoms with Crippen LogP contribution < -0.4 is 5.32 Å². The normalized spacial score (nSPS) is 10.4. The highest BCUT2D eigenvalue weighted by Crippen LogP contribution is 2.25. The van der Waals surface area contributed by atoms with Gasteiger partial charge in [-0.15, -0.1) is 5.10 Å². The molecule has 1 aromatic heterocycles. The van der Waals surface area contributed by atoms with Gasteiger partial charge < -0.3 is 9.15 Å². The molecular weight excluding hydrogens is 381 g/mol. The van der Waals surface area contributed by atoms with Crippen LogP contribution in [0.15, 0.2) is 52.9 Å². The number of nitrogens with zero attached hydrogens (tertiary/aromatic N) is 2. The van der Waals surface area contributed by atoms with Crippen LogP contribution in [0, 0.1) is 0 Å². The van der Waals surface area contributed by atoms with Crippen molar-refractivity contribution in [2.45, 2.75) is 0 Å². The average molecular weight is 392 g/mol. The quantitative estimate of drug-likeness (QED) is 0.663. The van der Waals surface area contributed by atoms with E-state index < -0.39 is 18.5 Å². The van der Waals surface area contributed by atoms with Crippen molar-refractivity contribution in [3.63, 3.8) is 0 Å². The van der Waals surface area contributed by atoms with Crippen molar-refractivity contribution in [2.24, 2.45) is 0 Å². The molecule has 0 atom stereocenters. The van der Waals surface area contributed by atoms with Crippen LogP contribution in [0.3, 0.4) is 0 Å². The highest BCUT2D eigenvalue weighted by molar-refractivity contribution is 6.39. The first-order valence-electron chi connectivity index (χ1n) is 7.34. The van der Waals surface area contributed by atoms with E-state index in [1.807, 2.05) is 18.2 Å². The monoisotopic (exact) mass is 391 g/mol. The third kappa shape index (κ3) is 4.19. The molecule has 0 bridgehead atoms. The van der Waals surface area contributed by atoms with Gasteiger partial charge in [-0.1, -0.05) is 52.6 Å². The van der Waals surface area contributed by atoms with Crippen molar-refractivity contribution in [1.29, 1.82) is 0 Å². The zero-order chi connectivity index (χ0) is 18.5. The number of amides is 1. The summed E-state index contributed by atoms with van der Waals surface area (Å²) in [5.74, 6) is -1.21. The van der Waals surface area contributed by atoms with Crippen LogP contribution in [0.5, 0.6) is 0 Å². The Labute approximate surface area is 157 Å². The van der Waals surface area contributed by atoms with Crippen LogP contribution in [0.4, 0.5) is 6.01 Å². The fourth-order valence-corrected chi connectivity index (χ4v) is 2.57. The van der Waals surface area contributed by atoms with Gasteiger partial charge in [-0.25, -0.2) is 4.79 Å². The summed E-state index contributed by atoms with van der Waals surface area (Å²) in [6.45, 7) is -0.566. The van der Waals surface area contributed by atoms with Gasteiger partial charge in [0.15, 0.2) is 6.61 Å². The van der Waals surface area contributed by atoms with Gasteiger partial charge in [-0.2, -0.15) is 0 Å². The van der Waals surface area contributed by atoms with E-state index in [0.29, 0.717) is 5.56 Å². The molecule has 0 aliphatic rings. The molecule has 0 unspecified atom stereocenters. The fourth-order valence-electron chi connectivity index (χ4n) is 2.02. The first kappa shape index (κ1) is 17.9. The third-order valence-electron chi connectivity index (χ3n) is 3.19. The Morgan fingerprint density at radius 1 is 1.00 bits per heavy atom. The molecular formula is C17H11Cl2N3O4. The van der Waals surface area contributed by atoms with E-state index in [9.17, 15) is 9.59 Å². The Hall–Kier alpha value is -2.90. The minimum Gasteiger partial charge on any atom is -0.452 e. The van der Waals surface area contributed by atoms with Crippen molar-refractivity contribution in [3.8, 4) is 11.5 Å². The molecule has 0 fully saturated rings. The van der Waals surface area contributed by atoms with Gasteiger partial charge in [-0.05, 0) is 24.3 Å². The summed E-state index contributed by atoms with van der Waals surface area (Å²) in [6.07, 6.45) is 0. The first-order chi connectivity index (χ1) is 12.5. The number of benzene rings is 2. The fraction of sp³-hybridized carbons (Fsp3) is 0.0588. The van der Waals surface area contributed by atoms with E-state index >= 15 is 0 Å². The molecule has 1 heterocycles. The van der Waals surface area contributed by atoms with E-state index in [0.717, 1.165) is 0 Å². The summed E-state index contributed by atoms with van der Waals surface area (Å²) in [5.41, 5.74) is 0.702. The summed E-state index contributed by atoms with van der Waals surface area (Å²) < 4.78 is 10.2. The van der Waals surface area contributed by atoms with Gasteiger partial charge in [0.25, 0.3) is 5.91 Å². The second-order valence-electron chi connectivity index (χ2n) is 5.00. The molecule has 1 amide bonds. The van der Waals surface area contributed by atoms with Crippen molar-refractivity contribution in [3.05, 3.63) is 64.1 Å². The van der Waals surface area contributed by atoms with Crippen LogP contribution in [-0.2, 0) is 9.53 Å². The molecule has 0 radical (unpaired) electrons. The number of carbonyl (C=O) groups is 2. The van der Waals surface area contributed by atoms with Crippen LogP contribution >= 0.6 is 23.2 Å². The molecule has 26 heavy (non-hydrogen) atoms. The maximum Gasteiger partial charge on any atom is 0.341 e. The highest BCUT2D eigenvalue weighted by Gasteiger charge is 2.18. The van der Waals surface area contributed by atoms with Crippen LogP contribution in [-0.4, -0.2) is 28.7 Å². The summed E-state index contributed by atoms with van der Waals surface area (Å²) in [4.78, 5) is 23.9. The Morgan fingerprint density at radius 3 is 2.38 bits per heavy atom. The molecule has 0 aliphatic heterocycles. The lowest BCUT2D eigenvalue weighted by atomic mass is 10.2. The molecule has 0 aliphatic carbocycles. The third-order valence-corrected chi connectivity index (χ3v) is 3.82. The predicted molar refractivity (Wildman–Crippen MR) is 95.1 cm³/mol. The number of hydrogen-bond donors (Lipinski definition) is 1. The number of anilines is 1. The highest BCUT2D eigenvalue weighted by atomic mass is 35.5.